The molecule has 1 N–H and O–H groups in total. The zero-order valence-electron chi connectivity index (χ0n) is 7.08. The second-order valence-electron chi connectivity index (χ2n) is 2.49. The van der Waals surface area contributed by atoms with E-state index in [-0.39, 0.29) is 0 Å². The van der Waals surface area contributed by atoms with Gasteiger partial charge in [0.25, 0.3) is 0 Å². The van der Waals surface area contributed by atoms with Crippen LogP contribution in [0.5, 0.6) is 0 Å². The van der Waals surface area contributed by atoms with Crippen LogP contribution >= 0.6 is 11.3 Å². The molecule has 0 spiro atoms. The van der Waals surface area contributed by atoms with Gasteiger partial charge in [-0.1, -0.05) is 18.9 Å². The fourth-order valence-electron chi connectivity index (χ4n) is 0.812. The summed E-state index contributed by atoms with van der Waals surface area (Å²) in [6.45, 7) is 2.08. The second kappa shape index (κ2) is 4.97. The maximum Gasteiger partial charge on any atom is 0.149 e. The molecule has 0 bridgehead atoms. The summed E-state index contributed by atoms with van der Waals surface area (Å²) in [5.41, 5.74) is 0. The van der Waals surface area contributed by atoms with E-state index < -0.39 is 6.10 Å². The third-order valence-electron chi connectivity index (χ3n) is 1.43. The van der Waals surface area contributed by atoms with Crippen molar-refractivity contribution < 1.29 is 5.11 Å². The van der Waals surface area contributed by atoms with Gasteiger partial charge in [0.15, 0.2) is 0 Å². The molecule has 64 valence electrons. The van der Waals surface area contributed by atoms with E-state index in [1.54, 1.807) is 0 Å². The number of thiophene rings is 1. The molecule has 1 unspecified atom stereocenters. The van der Waals surface area contributed by atoms with E-state index >= 15 is 0 Å². The Balaban J connectivity index is 2.51. The van der Waals surface area contributed by atoms with Gasteiger partial charge < -0.3 is 5.11 Å². The van der Waals surface area contributed by atoms with E-state index in [2.05, 4.69) is 18.8 Å². The van der Waals surface area contributed by atoms with Crippen LogP contribution in [0.3, 0.4) is 0 Å². The minimum Gasteiger partial charge on any atom is -0.375 e. The van der Waals surface area contributed by atoms with Gasteiger partial charge in [0.2, 0.25) is 0 Å². The molecule has 0 saturated heterocycles. The number of hydrogen-bond donors (Lipinski definition) is 1. The average molecular weight is 180 g/mol. The largest absolute Gasteiger partial charge is 0.375 e. The molecule has 2 heteroatoms. The van der Waals surface area contributed by atoms with E-state index in [4.69, 9.17) is 0 Å². The van der Waals surface area contributed by atoms with Crippen LogP contribution in [0.4, 0.5) is 0 Å². The van der Waals surface area contributed by atoms with Gasteiger partial charge in [-0.25, -0.2) is 0 Å². The Hall–Kier alpha value is -0.780. The SMILES string of the molecule is CCCC#CC(O)c1cccs1. The highest BCUT2D eigenvalue weighted by Gasteiger charge is 2.02. The Morgan fingerprint density at radius 2 is 2.50 bits per heavy atom. The van der Waals surface area contributed by atoms with Gasteiger partial charge >= 0.3 is 0 Å². The van der Waals surface area contributed by atoms with Crippen molar-refractivity contribution in [1.29, 1.82) is 0 Å². The highest BCUT2D eigenvalue weighted by Crippen LogP contribution is 2.17. The Kier molecular flexibility index (Phi) is 3.86. The van der Waals surface area contributed by atoms with E-state index in [9.17, 15) is 5.11 Å². The average Bonchev–Trinajstić information content (AvgIpc) is 2.56. The zero-order chi connectivity index (χ0) is 8.81. The lowest BCUT2D eigenvalue weighted by Crippen LogP contribution is -1.88. The Morgan fingerprint density at radius 3 is 3.08 bits per heavy atom. The van der Waals surface area contributed by atoms with E-state index in [0.29, 0.717) is 0 Å². The summed E-state index contributed by atoms with van der Waals surface area (Å²) in [6, 6.07) is 3.82. The predicted molar refractivity (Wildman–Crippen MR) is 52.0 cm³/mol. The highest BCUT2D eigenvalue weighted by atomic mass is 32.1. The van der Waals surface area contributed by atoms with Crippen molar-refractivity contribution in [2.24, 2.45) is 0 Å². The first kappa shape index (κ1) is 9.31. The molecular formula is C10H12OS. The third-order valence-corrected chi connectivity index (χ3v) is 2.35. The fourth-order valence-corrected chi connectivity index (χ4v) is 1.47. The van der Waals surface area contributed by atoms with Gasteiger partial charge in [0.1, 0.15) is 6.10 Å². The van der Waals surface area contributed by atoms with Crippen molar-refractivity contribution in [1.82, 2.24) is 0 Å². The van der Waals surface area contributed by atoms with Gasteiger partial charge in [-0.05, 0) is 17.9 Å². The normalized spacial score (nSPS) is 11.8. The third kappa shape index (κ3) is 2.69. The maximum absolute atomic E-state index is 9.47. The Bertz CT molecular complexity index is 266. The first-order valence-corrected chi connectivity index (χ1v) is 4.92. The molecule has 1 rings (SSSR count). The fraction of sp³-hybridized carbons (Fsp3) is 0.400. The van der Waals surface area contributed by atoms with E-state index in [1.165, 1.54) is 11.3 Å². The van der Waals surface area contributed by atoms with Crippen molar-refractivity contribution in [3.8, 4) is 11.8 Å². The van der Waals surface area contributed by atoms with E-state index in [0.717, 1.165) is 17.7 Å². The highest BCUT2D eigenvalue weighted by molar-refractivity contribution is 7.10. The van der Waals surface area contributed by atoms with Crippen LogP contribution in [0, 0.1) is 11.8 Å². The first-order valence-electron chi connectivity index (χ1n) is 4.04. The van der Waals surface area contributed by atoms with Crippen molar-refractivity contribution in [2.75, 3.05) is 0 Å². The molecule has 0 amide bonds. The van der Waals surface area contributed by atoms with Crippen LogP contribution in [0.2, 0.25) is 0 Å². The molecular weight excluding hydrogens is 168 g/mol. The lowest BCUT2D eigenvalue weighted by Gasteiger charge is -1.96. The van der Waals surface area contributed by atoms with Gasteiger partial charge in [0, 0.05) is 11.3 Å². The van der Waals surface area contributed by atoms with Crippen LogP contribution in [0.25, 0.3) is 0 Å². The van der Waals surface area contributed by atoms with Crippen LogP contribution in [0.15, 0.2) is 17.5 Å². The molecule has 0 aliphatic rings. The van der Waals surface area contributed by atoms with Crippen molar-refractivity contribution >= 4 is 11.3 Å². The van der Waals surface area contributed by atoms with Crippen LogP contribution < -0.4 is 0 Å². The summed E-state index contributed by atoms with van der Waals surface area (Å²) in [7, 11) is 0. The Morgan fingerprint density at radius 1 is 1.67 bits per heavy atom. The molecule has 1 aromatic rings. The summed E-state index contributed by atoms with van der Waals surface area (Å²) in [6.07, 6.45) is 1.32. The summed E-state index contributed by atoms with van der Waals surface area (Å²) < 4.78 is 0. The van der Waals surface area contributed by atoms with E-state index in [1.807, 2.05) is 17.5 Å². The summed E-state index contributed by atoms with van der Waals surface area (Å²) in [4.78, 5) is 0.929. The molecule has 0 aromatic carbocycles. The lowest BCUT2D eigenvalue weighted by atomic mass is 10.2. The molecule has 0 saturated carbocycles. The zero-order valence-corrected chi connectivity index (χ0v) is 7.90. The molecule has 1 heterocycles. The maximum atomic E-state index is 9.47. The molecule has 0 fully saturated rings. The number of aliphatic hydroxyl groups is 1. The topological polar surface area (TPSA) is 20.2 Å². The molecule has 1 nitrogen and oxygen atoms in total. The summed E-state index contributed by atoms with van der Waals surface area (Å²) >= 11 is 1.54. The smallest absolute Gasteiger partial charge is 0.149 e. The van der Waals surface area contributed by atoms with Crippen molar-refractivity contribution in [3.05, 3.63) is 22.4 Å². The molecule has 12 heavy (non-hydrogen) atoms. The quantitative estimate of drug-likeness (QED) is 0.693. The van der Waals surface area contributed by atoms with Crippen LogP contribution in [0.1, 0.15) is 30.7 Å². The number of unbranched alkanes of at least 4 members (excludes halogenated alkanes) is 1. The van der Waals surface area contributed by atoms with Crippen LogP contribution in [-0.4, -0.2) is 5.11 Å². The number of aliphatic hydroxyl groups excluding tert-OH is 1. The van der Waals surface area contributed by atoms with Gasteiger partial charge in [-0.3, -0.25) is 0 Å². The number of rotatable bonds is 2. The minimum absolute atomic E-state index is 0.587. The number of hydrogen-bond acceptors (Lipinski definition) is 2. The molecule has 1 aromatic heterocycles. The second-order valence-corrected chi connectivity index (χ2v) is 3.47. The Labute approximate surface area is 77.1 Å². The molecule has 0 radical (unpaired) electrons. The predicted octanol–water partition coefficient (Wildman–Crippen LogP) is 2.59. The summed E-state index contributed by atoms with van der Waals surface area (Å²) in [5, 5.41) is 11.4. The molecule has 0 aliphatic carbocycles. The molecule has 0 aliphatic heterocycles. The first-order chi connectivity index (χ1) is 5.84. The van der Waals surface area contributed by atoms with Gasteiger partial charge in [-0.15, -0.1) is 17.3 Å². The van der Waals surface area contributed by atoms with Crippen molar-refractivity contribution in [2.45, 2.75) is 25.9 Å². The van der Waals surface area contributed by atoms with Crippen LogP contribution in [-0.2, 0) is 0 Å². The van der Waals surface area contributed by atoms with Gasteiger partial charge in [0.05, 0.1) is 0 Å². The minimum atomic E-state index is -0.587. The lowest BCUT2D eigenvalue weighted by molar-refractivity contribution is 0.242. The standard InChI is InChI=1S/C10H12OS/c1-2-3-4-6-9(11)10-7-5-8-12-10/h5,7-9,11H,2-3H2,1H3. The van der Waals surface area contributed by atoms with Gasteiger partial charge in [-0.2, -0.15) is 0 Å². The monoisotopic (exact) mass is 180 g/mol. The van der Waals surface area contributed by atoms with Crippen molar-refractivity contribution in [3.63, 3.8) is 0 Å². The molecule has 1 atom stereocenters. The summed E-state index contributed by atoms with van der Waals surface area (Å²) in [5.74, 6) is 5.73.